The van der Waals surface area contributed by atoms with Crippen molar-refractivity contribution in [2.75, 3.05) is 30.3 Å². The number of nitrogens with zero attached hydrogens (tertiary/aromatic N) is 3. The van der Waals surface area contributed by atoms with E-state index in [0.29, 0.717) is 24.7 Å². The number of thioether (sulfide) groups is 1. The number of fused-ring (bicyclic) bond motifs is 1. The van der Waals surface area contributed by atoms with Crippen molar-refractivity contribution < 1.29 is 18.7 Å². The summed E-state index contributed by atoms with van der Waals surface area (Å²) in [5, 5.41) is 7.64. The maximum Gasteiger partial charge on any atom is 0.240 e. The van der Waals surface area contributed by atoms with E-state index in [1.165, 1.54) is 28.8 Å². The van der Waals surface area contributed by atoms with Gasteiger partial charge in [-0.25, -0.2) is 9.07 Å². The van der Waals surface area contributed by atoms with Crippen LogP contribution in [0, 0.1) is 12.7 Å². The van der Waals surface area contributed by atoms with Gasteiger partial charge in [0.2, 0.25) is 11.8 Å². The Bertz CT molecular complexity index is 1570. The van der Waals surface area contributed by atoms with Crippen LogP contribution >= 0.6 is 11.8 Å². The zero-order chi connectivity index (χ0) is 28.3. The third kappa shape index (κ3) is 5.78. The monoisotopic (exact) mass is 570 g/mol. The highest BCUT2D eigenvalue weighted by molar-refractivity contribution is 8.00. The van der Waals surface area contributed by atoms with Gasteiger partial charge < -0.3 is 10.1 Å². The molecule has 0 radical (unpaired) electrons. The van der Waals surface area contributed by atoms with Gasteiger partial charge in [0.15, 0.2) is 0 Å². The highest BCUT2D eigenvalue weighted by atomic mass is 32.2. The summed E-state index contributed by atoms with van der Waals surface area (Å²) in [5.74, 6) is -0.191. The van der Waals surface area contributed by atoms with Gasteiger partial charge in [0.25, 0.3) is 0 Å². The van der Waals surface area contributed by atoms with Gasteiger partial charge in [0, 0.05) is 24.3 Å². The Labute approximate surface area is 242 Å². The number of aryl methyl sites for hydroxylation is 1. The van der Waals surface area contributed by atoms with Crippen LogP contribution in [0.2, 0.25) is 0 Å². The largest absolute Gasteiger partial charge is 0.376 e. The highest BCUT2D eigenvalue weighted by Crippen LogP contribution is 2.48. The Morgan fingerprint density at radius 1 is 1.10 bits per heavy atom. The first-order valence-electron chi connectivity index (χ1n) is 13.8. The second-order valence-corrected chi connectivity index (χ2v) is 11.5. The fourth-order valence-electron chi connectivity index (χ4n) is 5.43. The van der Waals surface area contributed by atoms with Crippen LogP contribution < -0.4 is 10.2 Å². The van der Waals surface area contributed by atoms with Gasteiger partial charge in [-0.05, 0) is 55.2 Å². The summed E-state index contributed by atoms with van der Waals surface area (Å²) in [7, 11) is 0. The van der Waals surface area contributed by atoms with Gasteiger partial charge in [0.1, 0.15) is 18.2 Å². The Kier molecular flexibility index (Phi) is 7.89. The molecule has 7 nitrogen and oxygen atoms in total. The van der Waals surface area contributed by atoms with Crippen molar-refractivity contribution in [3.05, 3.63) is 101 Å². The SMILES string of the molecule is Cc1cccc(-n2nc(-c3ccccc3)c3c2N(CC(=O)NC[C@@H]2CCCO2)C(=O)CS[C@H]3c2cccc(F)c2)c1. The van der Waals surface area contributed by atoms with E-state index in [1.807, 2.05) is 67.6 Å². The topological polar surface area (TPSA) is 76.5 Å². The lowest BCUT2D eigenvalue weighted by molar-refractivity contribution is -0.123. The summed E-state index contributed by atoms with van der Waals surface area (Å²) in [5.41, 5.74) is 4.86. The van der Waals surface area contributed by atoms with E-state index in [4.69, 9.17) is 9.84 Å². The molecule has 1 N–H and O–H groups in total. The molecule has 0 unspecified atom stereocenters. The van der Waals surface area contributed by atoms with Gasteiger partial charge in [0.05, 0.1) is 28.5 Å². The standard InChI is InChI=1S/C32H31FN4O3S/c1-21-8-5-13-25(16-21)37-32-29(30(35-37)22-9-3-2-4-10-22)31(23-11-6-12-24(33)17-23)41-20-28(39)36(32)19-27(38)34-18-26-14-7-15-40-26/h2-6,8-13,16-17,26,31H,7,14-15,18-20H2,1H3,(H,34,38)/t26-,31-/m0/s1. The number of benzene rings is 3. The summed E-state index contributed by atoms with van der Waals surface area (Å²) >= 11 is 1.42. The number of aromatic nitrogens is 2. The van der Waals surface area contributed by atoms with Gasteiger partial charge in [-0.1, -0.05) is 54.6 Å². The van der Waals surface area contributed by atoms with Crippen LogP contribution in [0.1, 0.15) is 34.8 Å². The number of ether oxygens (including phenoxy) is 1. The molecule has 1 saturated heterocycles. The van der Waals surface area contributed by atoms with Crippen LogP contribution in [0.25, 0.3) is 16.9 Å². The van der Waals surface area contributed by atoms with E-state index < -0.39 is 5.25 Å². The highest BCUT2D eigenvalue weighted by Gasteiger charge is 2.38. The maximum absolute atomic E-state index is 14.5. The Morgan fingerprint density at radius 3 is 2.68 bits per heavy atom. The number of halogens is 1. The number of carbonyl (C=O) groups excluding carboxylic acids is 2. The number of anilines is 1. The molecule has 0 saturated carbocycles. The first kappa shape index (κ1) is 27.2. The minimum absolute atomic E-state index is 0.00948. The molecule has 3 heterocycles. The summed E-state index contributed by atoms with van der Waals surface area (Å²) in [6.45, 7) is 2.93. The molecule has 2 aliphatic heterocycles. The van der Waals surface area contributed by atoms with Crippen molar-refractivity contribution >= 4 is 29.4 Å². The minimum Gasteiger partial charge on any atom is -0.376 e. The summed E-state index contributed by atoms with van der Waals surface area (Å²) < 4.78 is 21.9. The molecule has 41 heavy (non-hydrogen) atoms. The molecule has 1 fully saturated rings. The minimum atomic E-state index is -0.390. The van der Waals surface area contributed by atoms with Crippen molar-refractivity contribution in [3.63, 3.8) is 0 Å². The molecule has 2 amide bonds. The maximum atomic E-state index is 14.5. The zero-order valence-electron chi connectivity index (χ0n) is 22.8. The van der Waals surface area contributed by atoms with Crippen LogP contribution in [-0.4, -0.2) is 53.1 Å². The van der Waals surface area contributed by atoms with E-state index in [2.05, 4.69) is 5.32 Å². The first-order chi connectivity index (χ1) is 20.0. The van der Waals surface area contributed by atoms with Crippen molar-refractivity contribution in [2.45, 2.75) is 31.1 Å². The molecule has 2 aliphatic rings. The molecular formula is C32H31FN4O3S. The number of amides is 2. The summed E-state index contributed by atoms with van der Waals surface area (Å²) in [4.78, 5) is 28.6. The molecule has 0 bridgehead atoms. The van der Waals surface area contributed by atoms with Crippen molar-refractivity contribution in [3.8, 4) is 16.9 Å². The molecule has 0 aliphatic carbocycles. The Morgan fingerprint density at radius 2 is 1.93 bits per heavy atom. The quantitative estimate of drug-likeness (QED) is 0.320. The van der Waals surface area contributed by atoms with Crippen molar-refractivity contribution in [1.82, 2.24) is 15.1 Å². The predicted molar refractivity (Wildman–Crippen MR) is 159 cm³/mol. The fraction of sp³-hybridized carbons (Fsp3) is 0.281. The number of nitrogens with one attached hydrogen (secondary N) is 1. The first-order valence-corrected chi connectivity index (χ1v) is 14.8. The average molecular weight is 571 g/mol. The van der Waals surface area contributed by atoms with Crippen LogP contribution in [0.5, 0.6) is 0 Å². The van der Waals surface area contributed by atoms with E-state index in [0.717, 1.165) is 40.8 Å². The van der Waals surface area contributed by atoms with Crippen LogP contribution in [-0.2, 0) is 14.3 Å². The summed E-state index contributed by atoms with van der Waals surface area (Å²) in [6.07, 6.45) is 1.87. The zero-order valence-corrected chi connectivity index (χ0v) is 23.6. The third-order valence-electron chi connectivity index (χ3n) is 7.39. The number of carbonyl (C=O) groups is 2. The lowest BCUT2D eigenvalue weighted by atomic mass is 9.99. The molecular weight excluding hydrogens is 539 g/mol. The lowest BCUT2D eigenvalue weighted by Gasteiger charge is -2.23. The van der Waals surface area contributed by atoms with Gasteiger partial charge in [-0.15, -0.1) is 11.8 Å². The molecule has 0 spiro atoms. The van der Waals surface area contributed by atoms with Crippen LogP contribution in [0.4, 0.5) is 10.2 Å². The number of hydrogen-bond acceptors (Lipinski definition) is 5. The lowest BCUT2D eigenvalue weighted by Crippen LogP contribution is -2.44. The fourth-order valence-corrected chi connectivity index (χ4v) is 6.62. The molecule has 6 rings (SSSR count). The van der Waals surface area contributed by atoms with Crippen LogP contribution in [0.15, 0.2) is 78.9 Å². The second kappa shape index (κ2) is 11.9. The summed E-state index contributed by atoms with van der Waals surface area (Å²) in [6, 6.07) is 24.1. The van der Waals surface area contributed by atoms with Crippen LogP contribution in [0.3, 0.4) is 0 Å². The predicted octanol–water partition coefficient (Wildman–Crippen LogP) is 5.45. The van der Waals surface area contributed by atoms with Gasteiger partial charge in [-0.3, -0.25) is 14.5 Å². The Hall–Kier alpha value is -3.95. The third-order valence-corrected chi connectivity index (χ3v) is 8.64. The molecule has 1 aromatic heterocycles. The molecule has 4 aromatic rings. The molecule has 3 aromatic carbocycles. The van der Waals surface area contributed by atoms with Crippen molar-refractivity contribution in [2.24, 2.45) is 0 Å². The normalized spacial score (nSPS) is 18.7. The van der Waals surface area contributed by atoms with Gasteiger partial charge in [-0.2, -0.15) is 5.10 Å². The van der Waals surface area contributed by atoms with E-state index in [9.17, 15) is 14.0 Å². The number of rotatable bonds is 7. The van der Waals surface area contributed by atoms with E-state index in [-0.39, 0.29) is 36.0 Å². The number of hydrogen-bond donors (Lipinski definition) is 1. The average Bonchev–Trinajstić information content (AvgIpc) is 3.61. The molecule has 2 atom stereocenters. The second-order valence-electron chi connectivity index (χ2n) is 10.4. The van der Waals surface area contributed by atoms with Crippen molar-refractivity contribution in [1.29, 1.82) is 0 Å². The molecule has 210 valence electrons. The van der Waals surface area contributed by atoms with Gasteiger partial charge >= 0.3 is 0 Å². The molecule has 9 heteroatoms. The van der Waals surface area contributed by atoms with E-state index >= 15 is 0 Å². The smallest absolute Gasteiger partial charge is 0.240 e. The van der Waals surface area contributed by atoms with E-state index in [1.54, 1.807) is 10.7 Å². The Balaban J connectivity index is 1.52.